The number of pyridine rings is 1. The molecule has 2 N–H and O–H groups in total. The van der Waals surface area contributed by atoms with E-state index in [2.05, 4.69) is 10.5 Å². The van der Waals surface area contributed by atoms with Crippen LogP contribution in [0.5, 0.6) is 0 Å². The summed E-state index contributed by atoms with van der Waals surface area (Å²) in [5.74, 6) is -1.09. The molecule has 0 fully saturated rings. The third-order valence-corrected chi connectivity index (χ3v) is 1.82. The SMILES string of the molecule is Cc1cc(NOCC(=O)O)c(C#N)c(C)n1. The molecule has 0 aromatic carbocycles. The molecule has 0 aliphatic heterocycles. The molecule has 0 radical (unpaired) electrons. The number of aliphatic carboxylic acids is 1. The monoisotopic (exact) mass is 221 g/mol. The number of carboxylic acid groups (broad SMARTS) is 1. The quantitative estimate of drug-likeness (QED) is 0.736. The number of rotatable bonds is 4. The number of carboxylic acids is 1. The van der Waals surface area contributed by atoms with Crippen LogP contribution in [0.15, 0.2) is 6.07 Å². The van der Waals surface area contributed by atoms with Crippen LogP contribution < -0.4 is 5.48 Å². The minimum absolute atomic E-state index is 0.344. The van der Waals surface area contributed by atoms with Gasteiger partial charge in [-0.1, -0.05) is 0 Å². The number of aromatic nitrogens is 1. The predicted octanol–water partition coefficient (Wildman–Crippen LogP) is 0.998. The summed E-state index contributed by atoms with van der Waals surface area (Å²) in [6.07, 6.45) is 0. The Labute approximate surface area is 92.4 Å². The minimum atomic E-state index is -1.09. The van der Waals surface area contributed by atoms with Crippen LogP contribution in [0.4, 0.5) is 5.69 Å². The van der Waals surface area contributed by atoms with Crippen molar-refractivity contribution in [1.82, 2.24) is 4.98 Å². The van der Waals surface area contributed by atoms with Crippen LogP contribution in [-0.4, -0.2) is 22.7 Å². The van der Waals surface area contributed by atoms with E-state index >= 15 is 0 Å². The second-order valence-electron chi connectivity index (χ2n) is 3.17. The van der Waals surface area contributed by atoms with Gasteiger partial charge in [-0.3, -0.25) is 15.3 Å². The van der Waals surface area contributed by atoms with Gasteiger partial charge in [-0.25, -0.2) is 4.79 Å². The highest BCUT2D eigenvalue weighted by Gasteiger charge is 2.08. The number of hydrogen-bond donors (Lipinski definition) is 2. The molecule has 0 amide bonds. The maximum Gasteiger partial charge on any atom is 0.332 e. The summed E-state index contributed by atoms with van der Waals surface area (Å²) in [6.45, 7) is 3.00. The van der Waals surface area contributed by atoms with Gasteiger partial charge in [0.1, 0.15) is 6.07 Å². The van der Waals surface area contributed by atoms with E-state index in [9.17, 15) is 4.79 Å². The highest BCUT2D eigenvalue weighted by Crippen LogP contribution is 2.18. The molecule has 1 aromatic rings. The number of carbonyl (C=O) groups is 1. The van der Waals surface area contributed by atoms with Crippen LogP contribution in [-0.2, 0) is 9.63 Å². The number of aryl methyl sites for hydroxylation is 2. The van der Waals surface area contributed by atoms with Gasteiger partial charge in [0.2, 0.25) is 0 Å². The Hall–Kier alpha value is -2.13. The fourth-order valence-corrected chi connectivity index (χ4v) is 1.23. The van der Waals surface area contributed by atoms with E-state index in [1.165, 1.54) is 0 Å². The number of nitrogens with zero attached hydrogens (tertiary/aromatic N) is 2. The summed E-state index contributed by atoms with van der Waals surface area (Å²) in [6, 6.07) is 3.60. The standard InChI is InChI=1S/C10H11N3O3/c1-6-3-9(13-16-5-10(14)15)8(4-11)7(2)12-6/h3H,5H2,1-2H3,(H,12,13)(H,14,15). The van der Waals surface area contributed by atoms with E-state index in [1.807, 2.05) is 6.07 Å². The molecular weight excluding hydrogens is 210 g/mol. The summed E-state index contributed by atoms with van der Waals surface area (Å²) in [5.41, 5.74) is 4.50. The lowest BCUT2D eigenvalue weighted by Gasteiger charge is -2.09. The minimum Gasteiger partial charge on any atom is -0.479 e. The van der Waals surface area contributed by atoms with E-state index < -0.39 is 12.6 Å². The first-order chi connectivity index (χ1) is 7.54. The zero-order chi connectivity index (χ0) is 12.1. The van der Waals surface area contributed by atoms with Crippen LogP contribution in [0, 0.1) is 25.2 Å². The van der Waals surface area contributed by atoms with E-state index in [0.717, 1.165) is 5.69 Å². The van der Waals surface area contributed by atoms with Gasteiger partial charge >= 0.3 is 5.97 Å². The summed E-state index contributed by atoms with van der Waals surface area (Å²) in [5, 5.41) is 17.3. The van der Waals surface area contributed by atoms with E-state index in [1.54, 1.807) is 19.9 Å². The molecule has 16 heavy (non-hydrogen) atoms. The van der Waals surface area contributed by atoms with E-state index in [-0.39, 0.29) is 0 Å². The summed E-state index contributed by atoms with van der Waals surface area (Å²) in [7, 11) is 0. The third kappa shape index (κ3) is 2.93. The topological polar surface area (TPSA) is 95.2 Å². The Morgan fingerprint density at radius 1 is 1.69 bits per heavy atom. The van der Waals surface area contributed by atoms with Gasteiger partial charge in [-0.2, -0.15) is 5.26 Å². The third-order valence-electron chi connectivity index (χ3n) is 1.82. The van der Waals surface area contributed by atoms with Crippen LogP contribution in [0.3, 0.4) is 0 Å². The smallest absolute Gasteiger partial charge is 0.332 e. The lowest BCUT2D eigenvalue weighted by molar-refractivity contribution is -0.141. The number of nitrogens with one attached hydrogen (secondary N) is 1. The maximum absolute atomic E-state index is 10.2. The first kappa shape index (κ1) is 11.9. The number of hydrogen-bond acceptors (Lipinski definition) is 5. The van der Waals surface area contributed by atoms with Gasteiger partial charge in [-0.15, -0.1) is 0 Å². The molecule has 0 atom stereocenters. The zero-order valence-corrected chi connectivity index (χ0v) is 8.94. The van der Waals surface area contributed by atoms with Crippen molar-refractivity contribution < 1.29 is 14.7 Å². The van der Waals surface area contributed by atoms with E-state index in [0.29, 0.717) is 16.9 Å². The van der Waals surface area contributed by atoms with Gasteiger partial charge in [0.25, 0.3) is 0 Å². The normalized spacial score (nSPS) is 9.56. The maximum atomic E-state index is 10.2. The fraction of sp³-hybridized carbons (Fsp3) is 0.300. The molecule has 0 bridgehead atoms. The Morgan fingerprint density at radius 3 is 2.94 bits per heavy atom. The average Bonchev–Trinajstić information content (AvgIpc) is 2.16. The number of anilines is 1. The van der Waals surface area contributed by atoms with Gasteiger partial charge in [-0.05, 0) is 19.9 Å². The van der Waals surface area contributed by atoms with Crippen molar-refractivity contribution >= 4 is 11.7 Å². The van der Waals surface area contributed by atoms with Crippen LogP contribution >= 0.6 is 0 Å². The summed E-state index contributed by atoms with van der Waals surface area (Å²) < 4.78 is 0. The molecule has 0 unspecified atom stereocenters. The predicted molar refractivity (Wildman–Crippen MR) is 55.6 cm³/mol. The van der Waals surface area contributed by atoms with Gasteiger partial charge in [0.15, 0.2) is 6.61 Å². The first-order valence-electron chi connectivity index (χ1n) is 4.52. The first-order valence-corrected chi connectivity index (χ1v) is 4.52. The molecule has 0 aliphatic carbocycles. The van der Waals surface area contributed by atoms with Gasteiger partial charge in [0.05, 0.1) is 16.9 Å². The van der Waals surface area contributed by atoms with Crippen LogP contribution in [0.1, 0.15) is 17.0 Å². The molecule has 6 nitrogen and oxygen atoms in total. The Kier molecular flexibility index (Phi) is 3.80. The average molecular weight is 221 g/mol. The van der Waals surface area contributed by atoms with Crippen molar-refractivity contribution in [3.63, 3.8) is 0 Å². The molecule has 1 aromatic heterocycles. The Balaban J connectivity index is 2.86. The highest BCUT2D eigenvalue weighted by molar-refractivity contribution is 5.68. The molecule has 0 saturated heterocycles. The molecule has 0 spiro atoms. The van der Waals surface area contributed by atoms with Crippen molar-refractivity contribution in [1.29, 1.82) is 5.26 Å². The lowest BCUT2D eigenvalue weighted by Crippen LogP contribution is -2.12. The van der Waals surface area contributed by atoms with Crippen molar-refractivity contribution in [3.8, 4) is 6.07 Å². The molecular formula is C10H11N3O3. The molecule has 0 aliphatic rings. The van der Waals surface area contributed by atoms with Crippen molar-refractivity contribution in [2.75, 3.05) is 12.1 Å². The highest BCUT2D eigenvalue weighted by atomic mass is 16.7. The molecule has 1 heterocycles. The molecule has 0 saturated carbocycles. The second kappa shape index (κ2) is 5.09. The number of nitriles is 1. The largest absolute Gasteiger partial charge is 0.479 e. The fourth-order valence-electron chi connectivity index (χ4n) is 1.23. The van der Waals surface area contributed by atoms with Crippen molar-refractivity contribution in [3.05, 3.63) is 23.0 Å². The zero-order valence-electron chi connectivity index (χ0n) is 8.94. The van der Waals surface area contributed by atoms with Crippen molar-refractivity contribution in [2.45, 2.75) is 13.8 Å². The van der Waals surface area contributed by atoms with Crippen LogP contribution in [0.2, 0.25) is 0 Å². The Bertz CT molecular complexity index is 451. The Morgan fingerprint density at radius 2 is 2.38 bits per heavy atom. The van der Waals surface area contributed by atoms with Gasteiger partial charge < -0.3 is 5.11 Å². The summed E-state index contributed by atoms with van der Waals surface area (Å²) >= 11 is 0. The second-order valence-corrected chi connectivity index (χ2v) is 3.17. The molecule has 6 heteroatoms. The van der Waals surface area contributed by atoms with Gasteiger partial charge in [0, 0.05) is 5.69 Å². The van der Waals surface area contributed by atoms with E-state index in [4.69, 9.17) is 15.2 Å². The lowest BCUT2D eigenvalue weighted by atomic mass is 10.1. The molecule has 1 rings (SSSR count). The molecule has 84 valence electrons. The van der Waals surface area contributed by atoms with Crippen molar-refractivity contribution in [2.24, 2.45) is 0 Å². The summed E-state index contributed by atoms with van der Waals surface area (Å²) in [4.78, 5) is 19.1. The van der Waals surface area contributed by atoms with Crippen LogP contribution in [0.25, 0.3) is 0 Å².